The van der Waals surface area contributed by atoms with Crippen molar-refractivity contribution >= 4 is 15.9 Å². The maximum absolute atomic E-state index is 6.01. The van der Waals surface area contributed by atoms with Gasteiger partial charge in [0.25, 0.3) is 0 Å². The quantitative estimate of drug-likeness (QED) is 0.689. The third kappa shape index (κ3) is 1.59. The Hall–Kier alpha value is -0.500. The Balaban J connectivity index is 2.69. The number of rotatable bonds is 0. The van der Waals surface area contributed by atoms with Crippen LogP contribution in [0.25, 0.3) is 0 Å². The second-order valence-electron chi connectivity index (χ2n) is 5.04. The molecule has 0 spiro atoms. The molecule has 0 aromatic heterocycles. The summed E-state index contributed by atoms with van der Waals surface area (Å²) in [6, 6.07) is 0. The van der Waals surface area contributed by atoms with Crippen LogP contribution in [-0.4, -0.2) is 5.60 Å². The number of ether oxygens (including phenoxy) is 1. The van der Waals surface area contributed by atoms with Gasteiger partial charge in [0.05, 0.1) is 0 Å². The molecule has 82 valence electrons. The molecule has 0 atom stereocenters. The van der Waals surface area contributed by atoms with Crippen molar-refractivity contribution in [2.45, 2.75) is 46.6 Å². The van der Waals surface area contributed by atoms with Gasteiger partial charge >= 0.3 is 0 Å². The summed E-state index contributed by atoms with van der Waals surface area (Å²) in [6.45, 7) is 10.8. The van der Waals surface area contributed by atoms with Gasteiger partial charge in [0.2, 0.25) is 0 Å². The molecule has 0 N–H and O–H groups in total. The van der Waals surface area contributed by atoms with Crippen molar-refractivity contribution in [2.24, 2.45) is 0 Å². The van der Waals surface area contributed by atoms with Gasteiger partial charge in [-0.05, 0) is 45.7 Å². The molecule has 1 aromatic rings. The van der Waals surface area contributed by atoms with Gasteiger partial charge in [-0.3, -0.25) is 0 Å². The third-order valence-electron chi connectivity index (χ3n) is 3.27. The first-order valence-corrected chi connectivity index (χ1v) is 6.10. The van der Waals surface area contributed by atoms with Crippen molar-refractivity contribution in [3.05, 3.63) is 26.7 Å². The van der Waals surface area contributed by atoms with Crippen LogP contribution >= 0.6 is 15.9 Å². The molecule has 0 saturated heterocycles. The highest BCUT2D eigenvalue weighted by atomic mass is 79.9. The van der Waals surface area contributed by atoms with Crippen molar-refractivity contribution in [3.63, 3.8) is 0 Å². The molecule has 1 aliphatic rings. The van der Waals surface area contributed by atoms with E-state index in [2.05, 4.69) is 50.5 Å². The molecular weight excluding hydrogens is 252 g/mol. The normalized spacial score (nSPS) is 17.5. The molecule has 15 heavy (non-hydrogen) atoms. The molecule has 0 amide bonds. The molecule has 1 aliphatic heterocycles. The summed E-state index contributed by atoms with van der Waals surface area (Å²) in [4.78, 5) is 0. The number of hydrogen-bond donors (Lipinski definition) is 0. The van der Waals surface area contributed by atoms with Crippen molar-refractivity contribution in [3.8, 4) is 5.75 Å². The molecule has 1 heterocycles. The lowest BCUT2D eigenvalue weighted by Gasteiger charge is -2.18. The first-order chi connectivity index (χ1) is 6.83. The highest BCUT2D eigenvalue weighted by Crippen LogP contribution is 2.44. The van der Waals surface area contributed by atoms with Gasteiger partial charge in [-0.25, -0.2) is 0 Å². The van der Waals surface area contributed by atoms with E-state index in [1.54, 1.807) is 0 Å². The summed E-state index contributed by atoms with van der Waals surface area (Å²) in [6.07, 6.45) is 1.02. The van der Waals surface area contributed by atoms with E-state index >= 15 is 0 Å². The molecule has 0 bridgehead atoms. The zero-order valence-corrected chi connectivity index (χ0v) is 11.6. The van der Waals surface area contributed by atoms with Gasteiger partial charge in [-0.15, -0.1) is 0 Å². The maximum atomic E-state index is 6.01. The van der Waals surface area contributed by atoms with E-state index < -0.39 is 0 Å². The monoisotopic (exact) mass is 268 g/mol. The van der Waals surface area contributed by atoms with Crippen molar-refractivity contribution in [1.29, 1.82) is 0 Å². The fourth-order valence-corrected chi connectivity index (χ4v) is 2.74. The molecule has 0 saturated carbocycles. The van der Waals surface area contributed by atoms with E-state index in [9.17, 15) is 0 Å². The third-order valence-corrected chi connectivity index (χ3v) is 4.46. The minimum atomic E-state index is -0.0505. The van der Waals surface area contributed by atoms with E-state index in [0.29, 0.717) is 0 Å². The molecule has 0 unspecified atom stereocenters. The van der Waals surface area contributed by atoms with Crippen molar-refractivity contribution < 1.29 is 4.74 Å². The van der Waals surface area contributed by atoms with Gasteiger partial charge in [-0.1, -0.05) is 15.9 Å². The Morgan fingerprint density at radius 1 is 1.07 bits per heavy atom. The highest BCUT2D eigenvalue weighted by molar-refractivity contribution is 9.10. The molecule has 2 rings (SSSR count). The Bertz CT molecular complexity index is 394. The molecule has 1 aromatic carbocycles. The Morgan fingerprint density at radius 3 is 2.27 bits per heavy atom. The number of halogens is 1. The van der Waals surface area contributed by atoms with E-state index in [4.69, 9.17) is 4.74 Å². The fraction of sp³-hybridized carbons (Fsp3) is 0.538. The van der Waals surface area contributed by atoms with Crippen LogP contribution in [0.4, 0.5) is 0 Å². The van der Waals surface area contributed by atoms with Crippen LogP contribution in [0.15, 0.2) is 4.47 Å². The molecule has 0 aliphatic carbocycles. The first-order valence-electron chi connectivity index (χ1n) is 5.30. The van der Waals surface area contributed by atoms with Crippen molar-refractivity contribution in [2.75, 3.05) is 0 Å². The molecule has 1 nitrogen and oxygen atoms in total. The summed E-state index contributed by atoms with van der Waals surface area (Å²) in [7, 11) is 0. The summed E-state index contributed by atoms with van der Waals surface area (Å²) >= 11 is 3.64. The SMILES string of the molecule is Cc1c(C)c2c(c(C)c1Br)OC(C)(C)C2. The second kappa shape index (κ2) is 3.24. The van der Waals surface area contributed by atoms with Crippen LogP contribution < -0.4 is 4.74 Å². The zero-order chi connectivity index (χ0) is 11.4. The largest absolute Gasteiger partial charge is 0.487 e. The van der Waals surface area contributed by atoms with Gasteiger partial charge in [0.1, 0.15) is 11.4 Å². The minimum absolute atomic E-state index is 0.0505. The van der Waals surface area contributed by atoms with Gasteiger partial charge in [0.15, 0.2) is 0 Å². The van der Waals surface area contributed by atoms with Crippen LogP contribution in [0.1, 0.15) is 36.1 Å². The fourth-order valence-electron chi connectivity index (χ4n) is 2.26. The van der Waals surface area contributed by atoms with Gasteiger partial charge in [-0.2, -0.15) is 0 Å². The Morgan fingerprint density at radius 2 is 1.67 bits per heavy atom. The van der Waals surface area contributed by atoms with Crippen molar-refractivity contribution in [1.82, 2.24) is 0 Å². The molecule has 2 heteroatoms. The van der Waals surface area contributed by atoms with Gasteiger partial charge in [0, 0.05) is 22.0 Å². The lowest BCUT2D eigenvalue weighted by molar-refractivity contribution is 0.137. The number of benzene rings is 1. The minimum Gasteiger partial charge on any atom is -0.487 e. The smallest absolute Gasteiger partial charge is 0.127 e. The van der Waals surface area contributed by atoms with Crippen LogP contribution in [0.2, 0.25) is 0 Å². The van der Waals surface area contributed by atoms with Crippen LogP contribution in [0.3, 0.4) is 0 Å². The predicted molar refractivity (Wildman–Crippen MR) is 66.8 cm³/mol. The summed E-state index contributed by atoms with van der Waals surface area (Å²) in [5.41, 5.74) is 5.28. The zero-order valence-electron chi connectivity index (χ0n) is 9.99. The maximum Gasteiger partial charge on any atom is 0.127 e. The average Bonchev–Trinajstić information content (AvgIpc) is 2.48. The molecule has 0 fully saturated rings. The number of fused-ring (bicyclic) bond motifs is 1. The standard InChI is InChI=1S/C13H17BrO/c1-7-8(2)11(14)9(3)12-10(7)6-13(4,5)15-12/h6H2,1-5H3. The summed E-state index contributed by atoms with van der Waals surface area (Å²) < 4.78 is 7.20. The topological polar surface area (TPSA) is 9.23 Å². The van der Waals surface area contributed by atoms with E-state index in [0.717, 1.165) is 12.2 Å². The highest BCUT2D eigenvalue weighted by Gasteiger charge is 2.33. The molecule has 0 radical (unpaired) electrons. The Kier molecular flexibility index (Phi) is 2.38. The Labute approximate surface area is 100.0 Å². The van der Waals surface area contributed by atoms with Crippen LogP contribution in [0, 0.1) is 20.8 Å². The number of hydrogen-bond acceptors (Lipinski definition) is 1. The summed E-state index contributed by atoms with van der Waals surface area (Å²) in [5.74, 6) is 1.09. The van der Waals surface area contributed by atoms with E-state index in [-0.39, 0.29) is 5.60 Å². The average molecular weight is 269 g/mol. The van der Waals surface area contributed by atoms with Crippen LogP contribution in [0.5, 0.6) is 5.75 Å². The van der Waals surface area contributed by atoms with E-state index in [1.807, 2.05) is 0 Å². The van der Waals surface area contributed by atoms with Crippen LogP contribution in [-0.2, 0) is 6.42 Å². The first kappa shape index (κ1) is 11.0. The van der Waals surface area contributed by atoms with E-state index in [1.165, 1.54) is 26.7 Å². The van der Waals surface area contributed by atoms with Gasteiger partial charge < -0.3 is 4.74 Å². The summed E-state index contributed by atoms with van der Waals surface area (Å²) in [5, 5.41) is 0. The second-order valence-corrected chi connectivity index (χ2v) is 5.83. The lowest BCUT2D eigenvalue weighted by Crippen LogP contribution is -2.24. The molecular formula is C13H17BrO. The predicted octanol–water partition coefficient (Wildman–Crippen LogP) is 4.09. The lowest BCUT2D eigenvalue weighted by atomic mass is 9.94.